The van der Waals surface area contributed by atoms with Gasteiger partial charge in [-0.15, -0.1) is 0 Å². The first-order chi connectivity index (χ1) is 7.58. The quantitative estimate of drug-likeness (QED) is 0.668. The molecule has 1 rings (SSSR count). The Morgan fingerprint density at radius 1 is 1.44 bits per heavy atom. The van der Waals surface area contributed by atoms with Gasteiger partial charge >= 0.3 is 6.09 Å². The first-order valence-electron chi connectivity index (χ1n) is 4.79. The molecule has 88 valence electrons. The Hall–Kier alpha value is -2.11. The summed E-state index contributed by atoms with van der Waals surface area (Å²) in [5.74, 6) is 0.630. The van der Waals surface area contributed by atoms with E-state index in [0.717, 1.165) is 0 Å². The lowest BCUT2D eigenvalue weighted by molar-refractivity contribution is 0.207. The van der Waals surface area contributed by atoms with E-state index in [1.807, 2.05) is 6.92 Å². The molecule has 6 nitrogen and oxygen atoms in total. The summed E-state index contributed by atoms with van der Waals surface area (Å²) < 4.78 is 10.1. The zero-order valence-electron chi connectivity index (χ0n) is 9.24. The first kappa shape index (κ1) is 12.0. The maximum atomic E-state index is 10.7. The van der Waals surface area contributed by atoms with Crippen LogP contribution in [-0.2, 0) is 0 Å². The topological polar surface area (TPSA) is 99.6 Å². The third kappa shape index (κ3) is 2.69. The van der Waals surface area contributed by atoms with Crippen molar-refractivity contribution in [1.29, 1.82) is 0 Å². The fourth-order valence-corrected chi connectivity index (χ4v) is 1.25. The second-order valence-corrected chi connectivity index (χ2v) is 2.99. The van der Waals surface area contributed by atoms with Crippen molar-refractivity contribution in [1.82, 2.24) is 0 Å². The highest BCUT2D eigenvalue weighted by atomic mass is 16.6. The van der Waals surface area contributed by atoms with Gasteiger partial charge in [0, 0.05) is 19.2 Å². The standard InChI is InChI=1S/C10H15N3O3/c1-3-15-8-4-6(11)7(13-2)5-9(8)16-10(12)14/h4-5,13H,3,11H2,1-2H3,(H2,12,14). The normalized spacial score (nSPS) is 9.62. The second kappa shape index (κ2) is 5.11. The third-order valence-corrected chi connectivity index (χ3v) is 1.90. The number of anilines is 2. The van der Waals surface area contributed by atoms with E-state index in [0.29, 0.717) is 23.7 Å². The Morgan fingerprint density at radius 3 is 2.62 bits per heavy atom. The van der Waals surface area contributed by atoms with Crippen LogP contribution in [0.3, 0.4) is 0 Å². The number of carbonyl (C=O) groups excluding carboxylic acids is 1. The van der Waals surface area contributed by atoms with Crippen LogP contribution in [0.5, 0.6) is 11.5 Å². The van der Waals surface area contributed by atoms with Crippen LogP contribution < -0.4 is 26.3 Å². The molecule has 0 radical (unpaired) electrons. The molecule has 0 aromatic heterocycles. The van der Waals surface area contributed by atoms with Crippen LogP contribution in [-0.4, -0.2) is 19.7 Å². The molecule has 0 aliphatic heterocycles. The van der Waals surface area contributed by atoms with E-state index in [-0.39, 0.29) is 5.75 Å². The number of nitrogen functional groups attached to an aromatic ring is 1. The average molecular weight is 225 g/mol. The van der Waals surface area contributed by atoms with Crippen molar-refractivity contribution in [2.24, 2.45) is 5.73 Å². The monoisotopic (exact) mass is 225 g/mol. The van der Waals surface area contributed by atoms with Crippen LogP contribution in [0, 0.1) is 0 Å². The summed E-state index contributed by atoms with van der Waals surface area (Å²) in [6, 6.07) is 3.14. The summed E-state index contributed by atoms with van der Waals surface area (Å²) in [6.45, 7) is 2.25. The average Bonchev–Trinajstić information content (AvgIpc) is 2.21. The summed E-state index contributed by atoms with van der Waals surface area (Å²) in [4.78, 5) is 10.7. The number of nitrogens with two attached hydrogens (primary N) is 2. The van der Waals surface area contributed by atoms with E-state index < -0.39 is 6.09 Å². The SMILES string of the molecule is CCOc1cc(N)c(NC)cc1OC(N)=O. The summed E-state index contributed by atoms with van der Waals surface area (Å²) >= 11 is 0. The van der Waals surface area contributed by atoms with Gasteiger partial charge in [0.05, 0.1) is 18.0 Å². The van der Waals surface area contributed by atoms with Crippen molar-refractivity contribution < 1.29 is 14.3 Å². The molecule has 0 fully saturated rings. The molecule has 0 saturated carbocycles. The third-order valence-electron chi connectivity index (χ3n) is 1.90. The van der Waals surface area contributed by atoms with Crippen LogP contribution in [0.15, 0.2) is 12.1 Å². The number of amides is 1. The molecule has 0 aliphatic carbocycles. The zero-order valence-corrected chi connectivity index (χ0v) is 9.24. The molecule has 0 spiro atoms. The smallest absolute Gasteiger partial charge is 0.410 e. The van der Waals surface area contributed by atoms with Gasteiger partial charge in [-0.2, -0.15) is 0 Å². The Bertz CT molecular complexity index is 393. The maximum absolute atomic E-state index is 10.7. The van der Waals surface area contributed by atoms with Crippen LogP contribution >= 0.6 is 0 Å². The van der Waals surface area contributed by atoms with E-state index in [1.54, 1.807) is 19.2 Å². The Labute approximate surface area is 93.5 Å². The predicted octanol–water partition coefficient (Wildman–Crippen LogP) is 1.17. The van der Waals surface area contributed by atoms with Gasteiger partial charge in [0.15, 0.2) is 11.5 Å². The lowest BCUT2D eigenvalue weighted by Gasteiger charge is -2.13. The van der Waals surface area contributed by atoms with E-state index in [1.165, 1.54) is 0 Å². The van der Waals surface area contributed by atoms with E-state index >= 15 is 0 Å². The predicted molar refractivity (Wildman–Crippen MR) is 61.8 cm³/mol. The van der Waals surface area contributed by atoms with Gasteiger partial charge in [-0.1, -0.05) is 0 Å². The number of ether oxygens (including phenoxy) is 2. The minimum Gasteiger partial charge on any atom is -0.490 e. The molecule has 0 heterocycles. The number of rotatable bonds is 4. The van der Waals surface area contributed by atoms with E-state index in [2.05, 4.69) is 5.32 Å². The van der Waals surface area contributed by atoms with Crippen LogP contribution in [0.4, 0.5) is 16.2 Å². The molecule has 1 aromatic rings. The fourth-order valence-electron chi connectivity index (χ4n) is 1.25. The van der Waals surface area contributed by atoms with Gasteiger partial charge in [0.1, 0.15) is 0 Å². The zero-order chi connectivity index (χ0) is 12.1. The summed E-state index contributed by atoms with van der Waals surface area (Å²) in [6.07, 6.45) is -0.896. The molecule has 0 bridgehead atoms. The van der Waals surface area contributed by atoms with Gasteiger partial charge in [-0.3, -0.25) is 0 Å². The lowest BCUT2D eigenvalue weighted by Crippen LogP contribution is -2.17. The minimum absolute atomic E-state index is 0.243. The highest BCUT2D eigenvalue weighted by Gasteiger charge is 2.11. The largest absolute Gasteiger partial charge is 0.490 e. The molecule has 6 heteroatoms. The summed E-state index contributed by atoms with van der Waals surface area (Å²) in [5.41, 5.74) is 11.8. The van der Waals surface area contributed by atoms with Crippen molar-refractivity contribution in [2.45, 2.75) is 6.92 Å². The highest BCUT2D eigenvalue weighted by Crippen LogP contribution is 2.35. The molecule has 0 aliphatic rings. The molecule has 16 heavy (non-hydrogen) atoms. The van der Waals surface area contributed by atoms with Gasteiger partial charge in [-0.05, 0) is 6.92 Å². The van der Waals surface area contributed by atoms with Gasteiger partial charge in [0.25, 0.3) is 0 Å². The Morgan fingerprint density at radius 2 is 2.12 bits per heavy atom. The summed E-state index contributed by atoms with van der Waals surface area (Å²) in [5, 5.41) is 2.87. The first-order valence-corrected chi connectivity index (χ1v) is 4.79. The molecule has 1 aromatic carbocycles. The van der Waals surface area contributed by atoms with E-state index in [9.17, 15) is 4.79 Å². The number of carbonyl (C=O) groups is 1. The summed E-state index contributed by atoms with van der Waals surface area (Å²) in [7, 11) is 1.71. The van der Waals surface area contributed by atoms with Crippen LogP contribution in [0.2, 0.25) is 0 Å². The molecule has 0 unspecified atom stereocenters. The van der Waals surface area contributed by atoms with Crippen molar-refractivity contribution >= 4 is 17.5 Å². The molecule has 0 atom stereocenters. The highest BCUT2D eigenvalue weighted by molar-refractivity contribution is 5.75. The van der Waals surface area contributed by atoms with E-state index in [4.69, 9.17) is 20.9 Å². The number of hydrogen-bond acceptors (Lipinski definition) is 5. The molecule has 0 saturated heterocycles. The van der Waals surface area contributed by atoms with Gasteiger partial charge in [-0.25, -0.2) is 4.79 Å². The fraction of sp³-hybridized carbons (Fsp3) is 0.300. The van der Waals surface area contributed by atoms with Crippen molar-refractivity contribution in [3.8, 4) is 11.5 Å². The molecular formula is C10H15N3O3. The van der Waals surface area contributed by atoms with Crippen LogP contribution in [0.25, 0.3) is 0 Å². The molecule has 1 amide bonds. The number of primary amides is 1. The number of nitrogens with one attached hydrogen (secondary N) is 1. The number of benzene rings is 1. The Kier molecular flexibility index (Phi) is 3.82. The molecular weight excluding hydrogens is 210 g/mol. The van der Waals surface area contributed by atoms with Crippen molar-refractivity contribution in [2.75, 3.05) is 24.7 Å². The van der Waals surface area contributed by atoms with Gasteiger partial charge in [0.2, 0.25) is 0 Å². The second-order valence-electron chi connectivity index (χ2n) is 2.99. The maximum Gasteiger partial charge on any atom is 0.410 e. The van der Waals surface area contributed by atoms with Crippen LogP contribution in [0.1, 0.15) is 6.92 Å². The number of hydrogen-bond donors (Lipinski definition) is 3. The van der Waals surface area contributed by atoms with Crippen molar-refractivity contribution in [3.63, 3.8) is 0 Å². The lowest BCUT2D eigenvalue weighted by atomic mass is 10.2. The Balaban J connectivity index is 3.13. The van der Waals surface area contributed by atoms with Crippen molar-refractivity contribution in [3.05, 3.63) is 12.1 Å². The molecule has 5 N–H and O–H groups in total. The minimum atomic E-state index is -0.896. The van der Waals surface area contributed by atoms with Gasteiger partial charge < -0.3 is 26.3 Å².